The topological polar surface area (TPSA) is 311 Å². The van der Waals surface area contributed by atoms with E-state index in [1.54, 1.807) is 25.3 Å². The number of hydrogen-bond acceptors (Lipinski definition) is 6. The highest BCUT2D eigenvalue weighted by atomic mass is 16.2. The van der Waals surface area contributed by atoms with Gasteiger partial charge in [0.05, 0.1) is 70.1 Å². The largest absolute Gasteiger partial charge is 0.412 e. The van der Waals surface area contributed by atoms with Crippen molar-refractivity contribution in [2.75, 3.05) is 21.3 Å². The van der Waals surface area contributed by atoms with E-state index in [2.05, 4.69) is 41.2 Å². The Bertz CT molecular complexity index is 2140. The van der Waals surface area contributed by atoms with Gasteiger partial charge in [0, 0.05) is 28.2 Å². The smallest absolute Gasteiger partial charge is 0.323 e. The van der Waals surface area contributed by atoms with Gasteiger partial charge in [-0.15, -0.1) is 0 Å². The molecular weight excluding hydrogens is 688 g/mol. The van der Waals surface area contributed by atoms with Gasteiger partial charge < -0.3 is 66.9 Å². The molecule has 0 bridgehead atoms. The number of para-hydroxylation sites is 4. The van der Waals surface area contributed by atoms with Gasteiger partial charge in [0.15, 0.2) is 0 Å². The van der Waals surface area contributed by atoms with E-state index in [0.717, 1.165) is 44.1 Å². The average molecular weight is 731 g/mol. The standard InChI is InChI=1S/2C17H16N6O.5H2O/c2*1-22-9-18-15-11(5-3-7-13(15)22)20-17(24)21-12-6-4-8-14-16(12)19-10-23(14)2;;;;;/h2*3-10H,1-2H3,(H2,20,21,24);5*1H2. The van der Waals surface area contributed by atoms with Crippen LogP contribution in [0.5, 0.6) is 0 Å². The Morgan fingerprint density at radius 2 is 0.604 bits per heavy atom. The number of hydrogen-bond donors (Lipinski definition) is 4. The van der Waals surface area contributed by atoms with Crippen LogP contribution in [0.15, 0.2) is 98.1 Å². The summed E-state index contributed by atoms with van der Waals surface area (Å²) in [6.45, 7) is 0. The van der Waals surface area contributed by atoms with Crippen LogP contribution in [0.1, 0.15) is 0 Å². The number of carbonyl (C=O) groups is 2. The summed E-state index contributed by atoms with van der Waals surface area (Å²) in [4.78, 5) is 42.1. The van der Waals surface area contributed by atoms with E-state index in [9.17, 15) is 9.59 Å². The molecule has 0 unspecified atom stereocenters. The molecule has 8 aromatic rings. The van der Waals surface area contributed by atoms with Crippen LogP contribution in [0.25, 0.3) is 44.1 Å². The summed E-state index contributed by atoms with van der Waals surface area (Å²) in [7, 11) is 7.67. The van der Waals surface area contributed by atoms with Crippen LogP contribution in [0, 0.1) is 0 Å². The number of nitrogens with zero attached hydrogens (tertiary/aromatic N) is 8. The molecule has 0 saturated carbocycles. The number of amides is 4. The summed E-state index contributed by atoms with van der Waals surface area (Å²) in [5.41, 5.74) is 9.52. The molecule has 19 heteroatoms. The number of nitrogens with one attached hydrogen (secondary N) is 4. The van der Waals surface area contributed by atoms with Crippen LogP contribution in [-0.4, -0.2) is 77.6 Å². The van der Waals surface area contributed by atoms with Crippen LogP contribution in [-0.2, 0) is 28.2 Å². The van der Waals surface area contributed by atoms with Crippen molar-refractivity contribution in [2.24, 2.45) is 28.2 Å². The summed E-state index contributed by atoms with van der Waals surface area (Å²) < 4.78 is 7.64. The van der Waals surface area contributed by atoms with Crippen LogP contribution in [0.4, 0.5) is 32.3 Å². The molecule has 0 aliphatic heterocycles. The molecular formula is C34H42N12O7. The molecule has 53 heavy (non-hydrogen) atoms. The van der Waals surface area contributed by atoms with Crippen molar-refractivity contribution in [3.8, 4) is 0 Å². The van der Waals surface area contributed by atoms with E-state index in [-0.39, 0.29) is 39.4 Å². The Kier molecular flexibility index (Phi) is 13.8. The molecule has 4 heterocycles. The summed E-state index contributed by atoms with van der Waals surface area (Å²) in [5, 5.41) is 11.4. The summed E-state index contributed by atoms with van der Waals surface area (Å²) >= 11 is 0. The van der Waals surface area contributed by atoms with Gasteiger partial charge in [0.1, 0.15) is 22.1 Å². The highest BCUT2D eigenvalue weighted by Gasteiger charge is 2.13. The Labute approximate surface area is 301 Å². The number of imidazole rings is 4. The quantitative estimate of drug-likeness (QED) is 0.210. The van der Waals surface area contributed by atoms with Crippen LogP contribution in [0.2, 0.25) is 0 Å². The van der Waals surface area contributed by atoms with Crippen molar-refractivity contribution in [3.63, 3.8) is 0 Å². The molecule has 0 fully saturated rings. The van der Waals surface area contributed by atoms with Gasteiger partial charge in [-0.05, 0) is 48.5 Å². The normalized spacial score (nSPS) is 10.0. The number of anilines is 4. The first kappa shape index (κ1) is 42.3. The fourth-order valence-electron chi connectivity index (χ4n) is 5.59. The molecule has 0 atom stereocenters. The fraction of sp³-hybridized carbons (Fsp3) is 0.118. The summed E-state index contributed by atoms with van der Waals surface area (Å²) in [5.74, 6) is 0. The van der Waals surface area contributed by atoms with E-state index >= 15 is 0 Å². The first-order valence-corrected chi connectivity index (χ1v) is 15.0. The lowest BCUT2D eigenvalue weighted by Crippen LogP contribution is -2.19. The highest BCUT2D eigenvalue weighted by molar-refractivity contribution is 6.08. The number of urea groups is 2. The Morgan fingerprint density at radius 3 is 0.811 bits per heavy atom. The minimum Gasteiger partial charge on any atom is -0.412 e. The molecule has 0 spiro atoms. The van der Waals surface area contributed by atoms with Gasteiger partial charge in [-0.25, -0.2) is 29.5 Å². The molecule has 8 rings (SSSR count). The molecule has 4 aromatic heterocycles. The highest BCUT2D eigenvalue weighted by Crippen LogP contribution is 2.25. The van der Waals surface area contributed by atoms with Gasteiger partial charge >= 0.3 is 12.1 Å². The number of rotatable bonds is 4. The monoisotopic (exact) mass is 730 g/mol. The van der Waals surface area contributed by atoms with E-state index in [1.807, 2.05) is 119 Å². The van der Waals surface area contributed by atoms with Crippen LogP contribution >= 0.6 is 0 Å². The number of aryl methyl sites for hydroxylation is 4. The molecule has 14 N–H and O–H groups in total. The van der Waals surface area contributed by atoms with E-state index < -0.39 is 0 Å². The maximum Gasteiger partial charge on any atom is 0.323 e. The van der Waals surface area contributed by atoms with Gasteiger partial charge in [0.25, 0.3) is 0 Å². The average Bonchev–Trinajstić information content (AvgIpc) is 3.86. The third kappa shape index (κ3) is 8.20. The first-order chi connectivity index (χ1) is 23.3. The van der Waals surface area contributed by atoms with Gasteiger partial charge in [0.2, 0.25) is 0 Å². The van der Waals surface area contributed by atoms with E-state index in [1.165, 1.54) is 0 Å². The number of fused-ring (bicyclic) bond motifs is 4. The lowest BCUT2D eigenvalue weighted by Gasteiger charge is -2.09. The maximum absolute atomic E-state index is 12.4. The van der Waals surface area contributed by atoms with Crippen molar-refractivity contribution in [1.82, 2.24) is 38.2 Å². The fourth-order valence-corrected chi connectivity index (χ4v) is 5.59. The lowest BCUT2D eigenvalue weighted by molar-refractivity contribution is 0.261. The molecule has 280 valence electrons. The Morgan fingerprint density at radius 1 is 0.396 bits per heavy atom. The molecule has 0 aliphatic rings. The zero-order chi connectivity index (χ0) is 33.4. The second-order valence-corrected chi connectivity index (χ2v) is 11.3. The van der Waals surface area contributed by atoms with Crippen molar-refractivity contribution in [1.29, 1.82) is 0 Å². The third-order valence-corrected chi connectivity index (χ3v) is 8.01. The lowest BCUT2D eigenvalue weighted by atomic mass is 10.2. The van der Waals surface area contributed by atoms with Crippen LogP contribution < -0.4 is 21.3 Å². The molecule has 4 aromatic carbocycles. The van der Waals surface area contributed by atoms with Crippen molar-refractivity contribution >= 4 is 78.9 Å². The molecule has 19 nitrogen and oxygen atoms in total. The summed E-state index contributed by atoms with van der Waals surface area (Å²) in [6.07, 6.45) is 6.90. The molecule has 0 radical (unpaired) electrons. The zero-order valence-corrected chi connectivity index (χ0v) is 29.1. The minimum absolute atomic E-state index is 0. The number of carbonyl (C=O) groups excluding carboxylic acids is 2. The molecule has 0 saturated heterocycles. The second kappa shape index (κ2) is 17.4. The second-order valence-electron chi connectivity index (χ2n) is 11.3. The van der Waals surface area contributed by atoms with Gasteiger partial charge in [-0.2, -0.15) is 0 Å². The number of benzene rings is 4. The van der Waals surface area contributed by atoms with E-state index in [4.69, 9.17) is 0 Å². The Balaban J connectivity index is 0.000000335. The first-order valence-electron chi connectivity index (χ1n) is 15.0. The minimum atomic E-state index is -0.327. The summed E-state index contributed by atoms with van der Waals surface area (Å²) in [6, 6.07) is 22.0. The third-order valence-electron chi connectivity index (χ3n) is 8.01. The maximum atomic E-state index is 12.4. The van der Waals surface area contributed by atoms with E-state index in [0.29, 0.717) is 22.7 Å². The predicted octanol–water partition coefficient (Wildman–Crippen LogP) is 2.08. The van der Waals surface area contributed by atoms with Crippen LogP contribution in [0.3, 0.4) is 0 Å². The van der Waals surface area contributed by atoms with Crippen molar-refractivity contribution < 1.29 is 37.0 Å². The van der Waals surface area contributed by atoms with Crippen molar-refractivity contribution in [2.45, 2.75) is 0 Å². The molecule has 0 aliphatic carbocycles. The molecule has 4 amide bonds. The SMILES string of the molecule is Cn1cnc2c(NC(=O)Nc3cccc4c3ncn4C)cccc21.Cn1cnc2c(NC(=O)Nc3cccc4c3ncn4C)cccc21.O.O.O.O.O. The van der Waals surface area contributed by atoms with Gasteiger partial charge in [-0.3, -0.25) is 0 Å². The zero-order valence-electron chi connectivity index (χ0n) is 29.1. The van der Waals surface area contributed by atoms with Crippen molar-refractivity contribution in [3.05, 3.63) is 98.1 Å². The Hall–Kier alpha value is -6.90. The number of aromatic nitrogens is 8. The predicted molar refractivity (Wildman–Crippen MR) is 206 cm³/mol. The van der Waals surface area contributed by atoms with Gasteiger partial charge in [-0.1, -0.05) is 24.3 Å².